The van der Waals surface area contributed by atoms with E-state index in [1.807, 2.05) is 40.8 Å². The van der Waals surface area contributed by atoms with Gasteiger partial charge in [-0.05, 0) is 32.8 Å². The number of aryl methyl sites for hydroxylation is 2. The van der Waals surface area contributed by atoms with Gasteiger partial charge >= 0.3 is 6.03 Å². The van der Waals surface area contributed by atoms with Gasteiger partial charge < -0.3 is 14.7 Å². The van der Waals surface area contributed by atoms with Gasteiger partial charge in [0.25, 0.3) is 0 Å². The van der Waals surface area contributed by atoms with E-state index in [1.54, 1.807) is 0 Å². The van der Waals surface area contributed by atoms with Gasteiger partial charge in [0.15, 0.2) is 5.76 Å². The monoisotopic (exact) mass is 353 g/mol. The zero-order valence-electron chi connectivity index (χ0n) is 15.1. The molecule has 0 unspecified atom stereocenters. The summed E-state index contributed by atoms with van der Waals surface area (Å²) in [7, 11) is 0. The molecule has 1 aromatic carbocycles. The van der Waals surface area contributed by atoms with Crippen LogP contribution in [0, 0.1) is 6.92 Å². The highest BCUT2D eigenvalue weighted by molar-refractivity contribution is 5.82. The van der Waals surface area contributed by atoms with Gasteiger partial charge in [-0.25, -0.2) is 4.79 Å². The molecule has 2 aromatic heterocycles. The standard InChI is InChI=1S/C19H23N5O2/c1-3-24-16-8-5-4-7-14(16)15(21-24)12-20-19(25)23-10-6-9-17(23)18-11-13(2)22-26-18/h4-5,7-8,11,17H,3,6,9-10,12H2,1-2H3,(H,20,25)/t17-/m0/s1. The summed E-state index contributed by atoms with van der Waals surface area (Å²) in [6.45, 7) is 5.89. The maximum atomic E-state index is 12.7. The van der Waals surface area contributed by atoms with Gasteiger partial charge in [0, 0.05) is 24.5 Å². The highest BCUT2D eigenvalue weighted by atomic mass is 16.5. The Morgan fingerprint density at radius 2 is 2.23 bits per heavy atom. The minimum atomic E-state index is -0.0864. The Morgan fingerprint density at radius 1 is 1.38 bits per heavy atom. The second-order valence-corrected chi connectivity index (χ2v) is 6.66. The van der Waals surface area contributed by atoms with Crippen LogP contribution in [0.25, 0.3) is 10.9 Å². The van der Waals surface area contributed by atoms with E-state index in [0.29, 0.717) is 6.54 Å². The lowest BCUT2D eigenvalue weighted by Crippen LogP contribution is -2.39. The zero-order valence-corrected chi connectivity index (χ0v) is 15.1. The number of benzene rings is 1. The quantitative estimate of drug-likeness (QED) is 0.780. The normalized spacial score (nSPS) is 17.2. The van der Waals surface area contributed by atoms with Crippen LogP contribution in [0.2, 0.25) is 0 Å². The summed E-state index contributed by atoms with van der Waals surface area (Å²) in [6.07, 6.45) is 1.86. The van der Waals surface area contributed by atoms with Crippen molar-refractivity contribution in [2.45, 2.75) is 45.8 Å². The summed E-state index contributed by atoms with van der Waals surface area (Å²) in [4.78, 5) is 14.6. The number of hydrogen-bond donors (Lipinski definition) is 1. The summed E-state index contributed by atoms with van der Waals surface area (Å²) in [5.74, 6) is 0.760. The fourth-order valence-electron chi connectivity index (χ4n) is 3.67. The number of nitrogens with one attached hydrogen (secondary N) is 1. The number of nitrogens with zero attached hydrogens (tertiary/aromatic N) is 4. The van der Waals surface area contributed by atoms with Crippen LogP contribution in [0.15, 0.2) is 34.9 Å². The summed E-state index contributed by atoms with van der Waals surface area (Å²) < 4.78 is 7.34. The van der Waals surface area contributed by atoms with E-state index in [1.165, 1.54) is 0 Å². The molecule has 0 radical (unpaired) electrons. The molecular formula is C19H23N5O2. The lowest BCUT2D eigenvalue weighted by Gasteiger charge is -2.22. The first kappa shape index (κ1) is 16.6. The first-order chi connectivity index (χ1) is 12.7. The molecule has 1 saturated heterocycles. The molecule has 1 fully saturated rings. The molecule has 1 aliphatic heterocycles. The number of rotatable bonds is 4. The van der Waals surface area contributed by atoms with Gasteiger partial charge in [-0.2, -0.15) is 5.10 Å². The molecule has 1 N–H and O–H groups in total. The van der Waals surface area contributed by atoms with Gasteiger partial charge in [0.2, 0.25) is 0 Å². The third-order valence-corrected chi connectivity index (χ3v) is 4.93. The van der Waals surface area contributed by atoms with E-state index in [9.17, 15) is 4.79 Å². The minimum Gasteiger partial charge on any atom is -0.359 e. The summed E-state index contributed by atoms with van der Waals surface area (Å²) >= 11 is 0. The van der Waals surface area contributed by atoms with Crippen LogP contribution < -0.4 is 5.32 Å². The molecular weight excluding hydrogens is 330 g/mol. The molecule has 7 heteroatoms. The zero-order chi connectivity index (χ0) is 18.1. The second-order valence-electron chi connectivity index (χ2n) is 6.66. The van der Waals surface area contributed by atoms with Gasteiger partial charge in [-0.3, -0.25) is 4.68 Å². The Kier molecular flexibility index (Phi) is 4.36. The average molecular weight is 353 g/mol. The van der Waals surface area contributed by atoms with Crippen LogP contribution in [0.3, 0.4) is 0 Å². The number of aromatic nitrogens is 3. The molecule has 3 heterocycles. The maximum Gasteiger partial charge on any atom is 0.318 e. The highest BCUT2D eigenvalue weighted by Gasteiger charge is 2.32. The predicted molar refractivity (Wildman–Crippen MR) is 97.6 cm³/mol. The van der Waals surface area contributed by atoms with Crippen molar-refractivity contribution in [3.05, 3.63) is 47.5 Å². The SMILES string of the molecule is CCn1nc(CNC(=O)N2CCC[C@H]2c2cc(C)no2)c2ccccc21. The molecule has 0 aliphatic carbocycles. The van der Waals surface area contributed by atoms with Crippen LogP contribution in [0.4, 0.5) is 4.79 Å². The summed E-state index contributed by atoms with van der Waals surface area (Å²) in [6, 6.07) is 9.89. The fraction of sp³-hybridized carbons (Fsp3) is 0.421. The number of likely N-dealkylation sites (tertiary alicyclic amines) is 1. The molecule has 0 bridgehead atoms. The first-order valence-corrected chi connectivity index (χ1v) is 9.09. The van der Waals surface area contributed by atoms with Crippen molar-refractivity contribution in [2.24, 2.45) is 0 Å². The minimum absolute atomic E-state index is 0.0406. The van der Waals surface area contributed by atoms with Crippen molar-refractivity contribution >= 4 is 16.9 Å². The number of hydrogen-bond acceptors (Lipinski definition) is 4. The van der Waals surface area contributed by atoms with Crippen LogP contribution >= 0.6 is 0 Å². The van der Waals surface area contributed by atoms with E-state index in [-0.39, 0.29) is 12.1 Å². The molecule has 1 aliphatic rings. The van der Waals surface area contributed by atoms with E-state index >= 15 is 0 Å². The molecule has 136 valence electrons. The highest BCUT2D eigenvalue weighted by Crippen LogP contribution is 2.32. The third kappa shape index (κ3) is 2.94. The number of amides is 2. The van der Waals surface area contributed by atoms with Crippen molar-refractivity contribution in [3.8, 4) is 0 Å². The Labute approximate surface area is 151 Å². The van der Waals surface area contributed by atoms with Crippen molar-refractivity contribution in [1.82, 2.24) is 25.2 Å². The van der Waals surface area contributed by atoms with Gasteiger partial charge in [0.05, 0.1) is 29.5 Å². The van der Waals surface area contributed by atoms with Crippen molar-refractivity contribution in [1.29, 1.82) is 0 Å². The number of carbonyl (C=O) groups excluding carboxylic acids is 1. The number of urea groups is 1. The predicted octanol–water partition coefficient (Wildman–Crippen LogP) is 3.40. The first-order valence-electron chi connectivity index (χ1n) is 9.09. The maximum absolute atomic E-state index is 12.7. The largest absolute Gasteiger partial charge is 0.359 e. The molecule has 4 rings (SSSR count). The molecule has 3 aromatic rings. The summed E-state index contributed by atoms with van der Waals surface area (Å²) in [5, 5.41) is 12.7. The van der Waals surface area contributed by atoms with E-state index in [0.717, 1.165) is 54.0 Å². The van der Waals surface area contributed by atoms with E-state index < -0.39 is 0 Å². The van der Waals surface area contributed by atoms with E-state index in [4.69, 9.17) is 4.52 Å². The number of carbonyl (C=O) groups is 1. The number of fused-ring (bicyclic) bond motifs is 1. The van der Waals surface area contributed by atoms with Gasteiger partial charge in [-0.15, -0.1) is 0 Å². The molecule has 7 nitrogen and oxygen atoms in total. The molecule has 1 atom stereocenters. The van der Waals surface area contributed by atoms with Crippen LogP contribution in [0.1, 0.15) is 43.0 Å². The van der Waals surface area contributed by atoms with Gasteiger partial charge in [-0.1, -0.05) is 23.4 Å². The molecule has 2 amide bonds. The second kappa shape index (κ2) is 6.82. The van der Waals surface area contributed by atoms with Gasteiger partial charge in [0.1, 0.15) is 0 Å². The van der Waals surface area contributed by atoms with Crippen LogP contribution in [-0.4, -0.2) is 32.4 Å². The van der Waals surface area contributed by atoms with Crippen molar-refractivity contribution in [2.75, 3.05) is 6.54 Å². The lowest BCUT2D eigenvalue weighted by molar-refractivity contribution is 0.182. The lowest BCUT2D eigenvalue weighted by atomic mass is 10.1. The van der Waals surface area contributed by atoms with Crippen LogP contribution in [0.5, 0.6) is 0 Å². The number of para-hydroxylation sites is 1. The Bertz CT molecular complexity index is 929. The smallest absolute Gasteiger partial charge is 0.318 e. The third-order valence-electron chi connectivity index (χ3n) is 4.93. The fourth-order valence-corrected chi connectivity index (χ4v) is 3.67. The molecule has 0 saturated carbocycles. The Balaban J connectivity index is 1.49. The van der Waals surface area contributed by atoms with Crippen molar-refractivity contribution < 1.29 is 9.32 Å². The van der Waals surface area contributed by atoms with E-state index in [2.05, 4.69) is 28.6 Å². The Hall–Kier alpha value is -2.83. The van der Waals surface area contributed by atoms with Crippen LogP contribution in [-0.2, 0) is 13.1 Å². The molecule has 0 spiro atoms. The van der Waals surface area contributed by atoms with Crippen molar-refractivity contribution in [3.63, 3.8) is 0 Å². The average Bonchev–Trinajstić information content (AvgIpc) is 3.37. The topological polar surface area (TPSA) is 76.2 Å². The molecule has 26 heavy (non-hydrogen) atoms. The summed E-state index contributed by atoms with van der Waals surface area (Å²) in [5.41, 5.74) is 2.82. The Morgan fingerprint density at radius 3 is 3.00 bits per heavy atom.